The zero-order valence-corrected chi connectivity index (χ0v) is 12.7. The Morgan fingerprint density at radius 1 is 1.68 bits per heavy atom. The molecule has 0 bridgehead atoms. The molecule has 2 heterocycles. The van der Waals surface area contributed by atoms with Crippen molar-refractivity contribution >= 4 is 23.5 Å². The maximum Gasteiger partial charge on any atom is 0.328 e. The summed E-state index contributed by atoms with van der Waals surface area (Å²) in [7, 11) is 1.31. The predicted octanol–water partition coefficient (Wildman–Crippen LogP) is 0.294. The molecule has 3 amide bonds. The van der Waals surface area contributed by atoms with Crippen molar-refractivity contribution in [2.24, 2.45) is 5.11 Å². The fourth-order valence-electron chi connectivity index (χ4n) is 2.62. The van der Waals surface area contributed by atoms with Gasteiger partial charge in [0.25, 0.3) is 5.91 Å². The smallest absolute Gasteiger partial charge is 0.328 e. The molecule has 2 aliphatic rings. The number of imide groups is 1. The first kappa shape index (κ1) is 16.8. The number of hydrogen-bond donors (Lipinski definition) is 2. The lowest BCUT2D eigenvalue weighted by Crippen LogP contribution is -2.69. The number of ether oxygens (including phenoxy) is 2. The van der Waals surface area contributed by atoms with Crippen molar-refractivity contribution < 1.29 is 24.2 Å². The zero-order valence-electron chi connectivity index (χ0n) is 12.0. The first-order valence-electron chi connectivity index (χ1n) is 6.52. The SMILES string of the molecule is COC1N([C@H]2C[C@H](N=[N+]=[N-])[C@@H](CO)O2)C(=O)NC(=O)C1(C)Cl. The number of halogens is 1. The molecule has 2 aliphatic heterocycles. The predicted molar refractivity (Wildman–Crippen MR) is 73.7 cm³/mol. The molecule has 2 fully saturated rings. The van der Waals surface area contributed by atoms with Crippen LogP contribution in [0.5, 0.6) is 0 Å². The molecule has 0 aromatic rings. The number of nitrogens with zero attached hydrogens (tertiary/aromatic N) is 4. The van der Waals surface area contributed by atoms with E-state index < -0.39 is 41.4 Å². The molecule has 0 radical (unpaired) electrons. The molecule has 2 saturated heterocycles. The van der Waals surface area contributed by atoms with Gasteiger partial charge in [-0.05, 0) is 12.5 Å². The van der Waals surface area contributed by atoms with Crippen LogP contribution in [0.2, 0.25) is 0 Å². The normalized spacial score (nSPS) is 38.6. The van der Waals surface area contributed by atoms with E-state index in [0.717, 1.165) is 4.90 Å². The minimum Gasteiger partial charge on any atom is -0.394 e. The average molecular weight is 334 g/mol. The lowest BCUT2D eigenvalue weighted by atomic mass is 10.0. The highest BCUT2D eigenvalue weighted by molar-refractivity contribution is 6.36. The molecule has 122 valence electrons. The van der Waals surface area contributed by atoms with E-state index in [0.29, 0.717) is 0 Å². The molecule has 0 saturated carbocycles. The monoisotopic (exact) mass is 333 g/mol. The number of nitrogens with one attached hydrogen (secondary N) is 1. The number of carbonyl (C=O) groups is 2. The number of carbonyl (C=O) groups excluding carboxylic acids is 2. The summed E-state index contributed by atoms with van der Waals surface area (Å²) in [5.41, 5.74) is 8.54. The highest BCUT2D eigenvalue weighted by atomic mass is 35.5. The molecule has 2 N–H and O–H groups in total. The van der Waals surface area contributed by atoms with E-state index in [9.17, 15) is 14.7 Å². The summed E-state index contributed by atoms with van der Waals surface area (Å²) in [6.07, 6.45) is -2.50. The van der Waals surface area contributed by atoms with Gasteiger partial charge < -0.3 is 14.6 Å². The van der Waals surface area contributed by atoms with Crippen LogP contribution in [0.1, 0.15) is 13.3 Å². The third kappa shape index (κ3) is 2.71. The van der Waals surface area contributed by atoms with Crippen molar-refractivity contribution in [2.45, 2.75) is 42.8 Å². The summed E-state index contributed by atoms with van der Waals surface area (Å²) < 4.78 is 10.7. The molecule has 5 atom stereocenters. The Balaban J connectivity index is 2.28. The molecule has 2 unspecified atom stereocenters. The standard InChI is InChI=1S/C11H16ClN5O5/c1-11(12)8(19)14-10(20)17(9(11)21-2)7-3-5(15-16-13)6(4-18)22-7/h5-7,9,18H,3-4H2,1-2H3,(H,14,19,20)/t5-,6+,7+,9?,11?/m0/s1. The molecule has 22 heavy (non-hydrogen) atoms. The van der Waals surface area contributed by atoms with Crippen LogP contribution in [-0.2, 0) is 14.3 Å². The maximum absolute atomic E-state index is 12.1. The van der Waals surface area contributed by atoms with Gasteiger partial charge in [-0.2, -0.15) is 0 Å². The Bertz CT molecular complexity index is 523. The van der Waals surface area contributed by atoms with Gasteiger partial charge in [-0.3, -0.25) is 15.0 Å². The van der Waals surface area contributed by atoms with Gasteiger partial charge in [-0.15, -0.1) is 11.6 Å². The van der Waals surface area contributed by atoms with Gasteiger partial charge in [0.1, 0.15) is 6.23 Å². The minimum absolute atomic E-state index is 0.156. The maximum atomic E-state index is 12.1. The molecule has 0 spiro atoms. The summed E-state index contributed by atoms with van der Waals surface area (Å²) in [6, 6.07) is -1.36. The van der Waals surface area contributed by atoms with E-state index in [1.807, 2.05) is 0 Å². The fourth-order valence-corrected chi connectivity index (χ4v) is 2.86. The van der Waals surface area contributed by atoms with Crippen LogP contribution in [0.4, 0.5) is 4.79 Å². The lowest BCUT2D eigenvalue weighted by molar-refractivity contribution is -0.154. The lowest BCUT2D eigenvalue weighted by Gasteiger charge is -2.44. The fraction of sp³-hybridized carbons (Fsp3) is 0.818. The van der Waals surface area contributed by atoms with Crippen molar-refractivity contribution in [3.05, 3.63) is 10.4 Å². The Labute approximate surface area is 130 Å². The number of azide groups is 1. The van der Waals surface area contributed by atoms with E-state index in [2.05, 4.69) is 15.3 Å². The summed E-state index contributed by atoms with van der Waals surface area (Å²) >= 11 is 6.18. The van der Waals surface area contributed by atoms with Crippen molar-refractivity contribution in [2.75, 3.05) is 13.7 Å². The van der Waals surface area contributed by atoms with Gasteiger partial charge in [-0.25, -0.2) is 4.79 Å². The van der Waals surface area contributed by atoms with Gasteiger partial charge in [0.15, 0.2) is 11.1 Å². The number of alkyl halides is 1. The van der Waals surface area contributed by atoms with Crippen LogP contribution < -0.4 is 5.32 Å². The van der Waals surface area contributed by atoms with Crippen molar-refractivity contribution in [1.29, 1.82) is 0 Å². The first-order valence-corrected chi connectivity index (χ1v) is 6.90. The second-order valence-corrected chi connectivity index (χ2v) is 5.94. The number of rotatable bonds is 4. The van der Waals surface area contributed by atoms with Crippen molar-refractivity contribution in [3.63, 3.8) is 0 Å². The quantitative estimate of drug-likeness (QED) is 0.330. The van der Waals surface area contributed by atoms with E-state index in [4.69, 9.17) is 26.6 Å². The summed E-state index contributed by atoms with van der Waals surface area (Å²) in [6.45, 7) is 1.05. The number of aliphatic hydroxyl groups is 1. The van der Waals surface area contributed by atoms with Crippen molar-refractivity contribution in [3.8, 4) is 0 Å². The summed E-state index contributed by atoms with van der Waals surface area (Å²) in [5.74, 6) is -0.675. The number of urea groups is 1. The molecule has 0 aromatic heterocycles. The number of hydrogen-bond acceptors (Lipinski definition) is 6. The second kappa shape index (κ2) is 6.27. The molecular weight excluding hydrogens is 318 g/mol. The number of aliphatic hydroxyl groups excluding tert-OH is 1. The minimum atomic E-state index is -1.50. The van der Waals surface area contributed by atoms with E-state index in [-0.39, 0.29) is 13.0 Å². The molecule has 2 rings (SSSR count). The topological polar surface area (TPSA) is 137 Å². The van der Waals surface area contributed by atoms with Crippen LogP contribution in [-0.4, -0.2) is 65.1 Å². The van der Waals surface area contributed by atoms with Crippen LogP contribution in [0.3, 0.4) is 0 Å². The highest BCUT2D eigenvalue weighted by Gasteiger charge is 2.54. The molecule has 11 heteroatoms. The number of methoxy groups -OCH3 is 1. The third-order valence-electron chi connectivity index (χ3n) is 3.73. The van der Waals surface area contributed by atoms with Crippen LogP contribution in [0, 0.1) is 0 Å². The Kier molecular flexibility index (Phi) is 4.78. The van der Waals surface area contributed by atoms with Gasteiger partial charge in [0, 0.05) is 18.4 Å². The third-order valence-corrected chi connectivity index (χ3v) is 4.09. The van der Waals surface area contributed by atoms with Gasteiger partial charge in [-0.1, -0.05) is 5.11 Å². The van der Waals surface area contributed by atoms with Crippen molar-refractivity contribution in [1.82, 2.24) is 10.2 Å². The molecule has 10 nitrogen and oxygen atoms in total. The number of amides is 3. The van der Waals surface area contributed by atoms with Crippen LogP contribution in [0.25, 0.3) is 10.4 Å². The van der Waals surface area contributed by atoms with E-state index in [1.54, 1.807) is 0 Å². The first-order chi connectivity index (χ1) is 10.4. The average Bonchev–Trinajstić information content (AvgIpc) is 2.85. The summed E-state index contributed by atoms with van der Waals surface area (Å²) in [5, 5.41) is 14.9. The van der Waals surface area contributed by atoms with E-state index >= 15 is 0 Å². The zero-order chi connectivity index (χ0) is 16.5. The van der Waals surface area contributed by atoms with Crippen LogP contribution >= 0.6 is 11.6 Å². The molecule has 0 aromatic carbocycles. The second-order valence-electron chi connectivity index (χ2n) is 5.15. The molecule has 0 aliphatic carbocycles. The van der Waals surface area contributed by atoms with Gasteiger partial charge in [0.2, 0.25) is 0 Å². The molecular formula is C11H16ClN5O5. The highest BCUT2D eigenvalue weighted by Crippen LogP contribution is 2.34. The van der Waals surface area contributed by atoms with Gasteiger partial charge in [0.05, 0.1) is 18.8 Å². The Hall–Kier alpha value is -1.58. The summed E-state index contributed by atoms with van der Waals surface area (Å²) in [4.78, 5) is 26.3. The Morgan fingerprint density at radius 3 is 2.91 bits per heavy atom. The van der Waals surface area contributed by atoms with Gasteiger partial charge >= 0.3 is 6.03 Å². The van der Waals surface area contributed by atoms with Crippen LogP contribution in [0.15, 0.2) is 5.11 Å². The van der Waals surface area contributed by atoms with E-state index in [1.165, 1.54) is 14.0 Å². The largest absolute Gasteiger partial charge is 0.394 e. The Morgan fingerprint density at radius 2 is 2.36 bits per heavy atom.